The average molecular weight is 556 g/mol. The number of aromatic nitrogens is 3. The van der Waals surface area contributed by atoms with Crippen LogP contribution in [0.15, 0.2) is 54.2 Å². The predicted octanol–water partition coefficient (Wildman–Crippen LogP) is 5.24. The predicted molar refractivity (Wildman–Crippen MR) is 136 cm³/mol. The van der Waals surface area contributed by atoms with Crippen LogP contribution < -0.4 is 10.6 Å². The molecule has 2 N–H and O–H groups in total. The number of nitro groups is 1. The summed E-state index contributed by atoms with van der Waals surface area (Å²) in [6.45, 7) is 4.00. The number of carbonyl (C=O) groups excluding carboxylic acids is 2. The maximum absolute atomic E-state index is 12.5. The van der Waals surface area contributed by atoms with Gasteiger partial charge in [0.2, 0.25) is 11.8 Å². The molecule has 10 nitrogen and oxygen atoms in total. The smallest absolute Gasteiger partial charge is 0.271 e. The summed E-state index contributed by atoms with van der Waals surface area (Å²) in [6.07, 6.45) is 1.49. The zero-order chi connectivity index (χ0) is 25.5. The number of hydrogen-bond acceptors (Lipinski definition) is 7. The second kappa shape index (κ2) is 12.0. The van der Waals surface area contributed by atoms with Gasteiger partial charge in [-0.1, -0.05) is 58.7 Å². The number of nitrogens with one attached hydrogen (secondary N) is 2. The number of non-ortho nitro benzene ring substituents is 1. The number of thioether (sulfide) groups is 1. The summed E-state index contributed by atoms with van der Waals surface area (Å²) in [5.74, 6) is -0.578. The summed E-state index contributed by atoms with van der Waals surface area (Å²) in [6, 6.07) is 8.62. The molecule has 0 bridgehead atoms. The molecule has 0 atom stereocenters. The Morgan fingerprint density at radius 2 is 1.83 bits per heavy atom. The van der Waals surface area contributed by atoms with Gasteiger partial charge in [-0.15, -0.1) is 16.8 Å². The first-order valence-corrected chi connectivity index (χ1v) is 11.9. The van der Waals surface area contributed by atoms with E-state index in [1.807, 2.05) is 0 Å². The van der Waals surface area contributed by atoms with Crippen LogP contribution in [0.3, 0.4) is 0 Å². The summed E-state index contributed by atoms with van der Waals surface area (Å²) in [5.41, 5.74) is 0.283. The van der Waals surface area contributed by atoms with Crippen LogP contribution in [0.2, 0.25) is 15.1 Å². The van der Waals surface area contributed by atoms with Crippen LogP contribution in [0, 0.1) is 10.1 Å². The van der Waals surface area contributed by atoms with E-state index in [-0.39, 0.29) is 39.5 Å². The van der Waals surface area contributed by atoms with Crippen molar-refractivity contribution in [3.05, 3.63) is 80.1 Å². The minimum absolute atomic E-state index is 0.0847. The summed E-state index contributed by atoms with van der Waals surface area (Å²) in [4.78, 5) is 35.3. The first kappa shape index (κ1) is 26.5. The summed E-state index contributed by atoms with van der Waals surface area (Å²) in [5, 5.41) is 25.4. The van der Waals surface area contributed by atoms with E-state index < -0.39 is 10.8 Å². The van der Waals surface area contributed by atoms with Gasteiger partial charge in [0, 0.05) is 18.7 Å². The molecule has 2 amide bonds. The van der Waals surface area contributed by atoms with Gasteiger partial charge in [0.05, 0.1) is 43.5 Å². The molecule has 0 fully saturated rings. The lowest BCUT2D eigenvalue weighted by Crippen LogP contribution is -2.18. The third kappa shape index (κ3) is 6.95. The fraction of sp³-hybridized carbons (Fsp3) is 0.143. The van der Waals surface area contributed by atoms with Gasteiger partial charge in [0.25, 0.3) is 5.69 Å². The van der Waals surface area contributed by atoms with Crippen molar-refractivity contribution in [2.75, 3.05) is 16.4 Å². The van der Waals surface area contributed by atoms with Crippen molar-refractivity contribution in [1.29, 1.82) is 0 Å². The molecule has 0 saturated heterocycles. The Bertz CT molecular complexity index is 1300. The monoisotopic (exact) mass is 554 g/mol. The lowest BCUT2D eigenvalue weighted by atomic mass is 10.3. The molecule has 1 aromatic heterocycles. The summed E-state index contributed by atoms with van der Waals surface area (Å²) in [7, 11) is 0. The SMILES string of the molecule is C=CCn1c(CC(=O)Nc2cccc(Cl)c2Cl)nnc1SCC(=O)Nc1cc([N+](=O)[O-])ccc1Cl. The lowest BCUT2D eigenvalue weighted by molar-refractivity contribution is -0.384. The minimum Gasteiger partial charge on any atom is -0.324 e. The molecule has 1 heterocycles. The summed E-state index contributed by atoms with van der Waals surface area (Å²) >= 11 is 19.2. The highest BCUT2D eigenvalue weighted by Gasteiger charge is 2.18. The van der Waals surface area contributed by atoms with Gasteiger partial charge >= 0.3 is 0 Å². The first-order chi connectivity index (χ1) is 16.7. The number of amides is 2. The van der Waals surface area contributed by atoms with E-state index in [0.717, 1.165) is 11.8 Å². The number of rotatable bonds is 10. The lowest BCUT2D eigenvalue weighted by Gasteiger charge is -2.10. The molecule has 0 aliphatic carbocycles. The van der Waals surface area contributed by atoms with Gasteiger partial charge in [0.1, 0.15) is 5.82 Å². The van der Waals surface area contributed by atoms with Crippen molar-refractivity contribution in [2.45, 2.75) is 18.1 Å². The Hall–Kier alpha value is -3.12. The first-order valence-electron chi connectivity index (χ1n) is 9.83. The van der Waals surface area contributed by atoms with E-state index in [1.54, 1.807) is 28.8 Å². The molecule has 0 saturated carbocycles. The fourth-order valence-electron chi connectivity index (χ4n) is 2.85. The largest absolute Gasteiger partial charge is 0.324 e. The van der Waals surface area contributed by atoms with Gasteiger partial charge in [-0.3, -0.25) is 19.7 Å². The number of nitrogens with zero attached hydrogens (tertiary/aromatic N) is 4. The van der Waals surface area contributed by atoms with Crippen LogP contribution >= 0.6 is 46.6 Å². The minimum atomic E-state index is -0.587. The topological polar surface area (TPSA) is 132 Å². The second-order valence-corrected chi connectivity index (χ2v) is 9.02. The van der Waals surface area contributed by atoms with Crippen molar-refractivity contribution < 1.29 is 14.5 Å². The highest BCUT2D eigenvalue weighted by Crippen LogP contribution is 2.30. The molecule has 0 aliphatic rings. The number of benzene rings is 2. The number of anilines is 2. The van der Waals surface area contributed by atoms with Crippen LogP contribution in [0.25, 0.3) is 0 Å². The van der Waals surface area contributed by atoms with Gasteiger partial charge in [-0.25, -0.2) is 0 Å². The number of allylic oxidation sites excluding steroid dienone is 1. The van der Waals surface area contributed by atoms with E-state index in [2.05, 4.69) is 27.4 Å². The maximum Gasteiger partial charge on any atom is 0.271 e. The number of carbonyl (C=O) groups is 2. The van der Waals surface area contributed by atoms with E-state index in [4.69, 9.17) is 34.8 Å². The van der Waals surface area contributed by atoms with Gasteiger partial charge < -0.3 is 15.2 Å². The van der Waals surface area contributed by atoms with Crippen molar-refractivity contribution in [3.8, 4) is 0 Å². The average Bonchev–Trinajstić information content (AvgIpc) is 3.18. The molecule has 3 aromatic rings. The Labute approximate surface area is 218 Å². The quantitative estimate of drug-likeness (QED) is 0.151. The van der Waals surface area contributed by atoms with Crippen molar-refractivity contribution in [3.63, 3.8) is 0 Å². The number of halogens is 3. The van der Waals surface area contributed by atoms with Crippen LogP contribution in [-0.2, 0) is 22.6 Å². The number of nitro benzene ring substituents is 1. The third-order valence-corrected chi connectivity index (χ3v) is 6.53. The molecule has 3 rings (SSSR count). The van der Waals surface area contributed by atoms with E-state index in [0.29, 0.717) is 28.2 Å². The molecule has 14 heteroatoms. The van der Waals surface area contributed by atoms with Crippen molar-refractivity contribution in [2.24, 2.45) is 0 Å². The molecule has 0 spiro atoms. The van der Waals surface area contributed by atoms with Crippen molar-refractivity contribution >= 4 is 75.4 Å². The molecule has 35 heavy (non-hydrogen) atoms. The third-order valence-electron chi connectivity index (χ3n) is 4.42. The zero-order valence-corrected chi connectivity index (χ0v) is 20.9. The van der Waals surface area contributed by atoms with Crippen LogP contribution in [0.1, 0.15) is 5.82 Å². The van der Waals surface area contributed by atoms with Crippen molar-refractivity contribution in [1.82, 2.24) is 14.8 Å². The molecule has 0 radical (unpaired) electrons. The maximum atomic E-state index is 12.5. The second-order valence-electron chi connectivity index (χ2n) is 6.88. The van der Waals surface area contributed by atoms with Crippen LogP contribution in [0.4, 0.5) is 17.1 Å². The molecule has 2 aromatic carbocycles. The fourth-order valence-corrected chi connectivity index (χ4v) is 4.13. The Balaban J connectivity index is 1.66. The molecular weight excluding hydrogens is 539 g/mol. The Morgan fingerprint density at radius 3 is 2.54 bits per heavy atom. The molecular formula is C21H17Cl3N6O4S. The van der Waals surface area contributed by atoms with Crippen LogP contribution in [-0.4, -0.2) is 37.3 Å². The normalized spacial score (nSPS) is 10.6. The number of hydrogen-bond donors (Lipinski definition) is 2. The van der Waals surface area contributed by atoms with Gasteiger partial charge in [-0.05, 0) is 18.2 Å². The molecule has 0 aliphatic heterocycles. The summed E-state index contributed by atoms with van der Waals surface area (Å²) < 4.78 is 1.64. The Kier molecular flexibility index (Phi) is 9.10. The standard InChI is InChI=1S/C21H17Cl3N6O4S/c1-2-8-29-17(10-18(31)25-15-5-3-4-14(23)20(15)24)27-28-21(29)35-11-19(32)26-16-9-12(30(33)34)6-7-13(16)22/h2-7,9H,1,8,10-11H2,(H,25,31)(H,26,32). The van der Waals surface area contributed by atoms with E-state index in [1.165, 1.54) is 18.2 Å². The van der Waals surface area contributed by atoms with E-state index in [9.17, 15) is 19.7 Å². The zero-order valence-electron chi connectivity index (χ0n) is 17.8. The highest BCUT2D eigenvalue weighted by atomic mass is 35.5. The molecule has 0 unspecified atom stereocenters. The Morgan fingerprint density at radius 1 is 1.09 bits per heavy atom. The van der Waals surface area contributed by atoms with E-state index >= 15 is 0 Å². The van der Waals surface area contributed by atoms with Crippen LogP contribution in [0.5, 0.6) is 0 Å². The highest BCUT2D eigenvalue weighted by molar-refractivity contribution is 7.99. The van der Waals surface area contributed by atoms with Gasteiger partial charge in [-0.2, -0.15) is 0 Å². The van der Waals surface area contributed by atoms with Gasteiger partial charge in [0.15, 0.2) is 5.16 Å². The molecule has 182 valence electrons.